The summed E-state index contributed by atoms with van der Waals surface area (Å²) < 4.78 is 11.7. The maximum Gasteiger partial charge on any atom is 0.186 e. The molecule has 2 atom stereocenters. The lowest BCUT2D eigenvalue weighted by Crippen LogP contribution is -2.31. The van der Waals surface area contributed by atoms with Crippen molar-refractivity contribution < 1.29 is 8.85 Å². The number of hydrogen-bond donors (Lipinski definition) is 0. The van der Waals surface area contributed by atoms with Gasteiger partial charge in [-0.3, -0.25) is 0 Å². The van der Waals surface area contributed by atoms with Crippen LogP contribution in [0.25, 0.3) is 0 Å². The van der Waals surface area contributed by atoms with E-state index in [1.54, 1.807) is 0 Å². The Hall–Kier alpha value is 1.49. The maximum atomic E-state index is 5.87. The molecule has 0 saturated heterocycles. The van der Waals surface area contributed by atoms with Crippen molar-refractivity contribution in [3.05, 3.63) is 0 Å². The summed E-state index contributed by atoms with van der Waals surface area (Å²) in [5.74, 6) is 2.22. The van der Waals surface area contributed by atoms with Gasteiger partial charge in [-0.05, 0) is 87.3 Å². The first kappa shape index (κ1) is 23.5. The van der Waals surface area contributed by atoms with Crippen LogP contribution in [0.4, 0.5) is 0 Å². The van der Waals surface area contributed by atoms with Crippen LogP contribution in [-0.4, -0.2) is 41.4 Å². The second-order valence-corrected chi connectivity index (χ2v) is 23.4. The van der Waals surface area contributed by atoms with E-state index in [0.29, 0.717) is 0 Å². The zero-order valence-corrected chi connectivity index (χ0v) is 20.4. The molecule has 0 aliphatic rings. The Morgan fingerprint density at radius 2 is 1.05 bits per heavy atom. The predicted molar refractivity (Wildman–Crippen MR) is 116 cm³/mol. The summed E-state index contributed by atoms with van der Waals surface area (Å²) in [5, 5.41) is 0. The second-order valence-electron chi connectivity index (χ2n) is 6.61. The minimum Gasteiger partial charge on any atom is -0.418 e. The van der Waals surface area contributed by atoms with Crippen LogP contribution in [0.3, 0.4) is 0 Å². The van der Waals surface area contributed by atoms with Crippen molar-refractivity contribution in [2.75, 3.05) is 24.7 Å². The summed E-state index contributed by atoms with van der Waals surface area (Å²) in [6, 6.07) is 2.41. The quantitative estimate of drug-likeness (QED) is 0.327. The summed E-state index contributed by atoms with van der Waals surface area (Å²) in [4.78, 5) is 0. The molecule has 0 aromatic rings. The van der Waals surface area contributed by atoms with E-state index in [-0.39, 0.29) is 17.0 Å². The molecule has 22 heavy (non-hydrogen) atoms. The van der Waals surface area contributed by atoms with Gasteiger partial charge in [-0.1, -0.05) is 17.0 Å². The molecule has 134 valence electrons. The van der Waals surface area contributed by atoms with E-state index in [0.717, 1.165) is 24.7 Å². The molecule has 0 radical (unpaired) electrons. The van der Waals surface area contributed by atoms with E-state index in [1.807, 2.05) is 0 Å². The van der Waals surface area contributed by atoms with E-state index in [9.17, 15) is 0 Å². The highest BCUT2D eigenvalue weighted by molar-refractivity contribution is 8.87. The number of hydrogen-bond acceptors (Lipinski definition) is 4. The normalized spacial score (nSPS) is 15.7. The Morgan fingerprint density at radius 1 is 0.727 bits per heavy atom. The first-order valence-corrected chi connectivity index (χ1v) is 19.6. The van der Waals surface area contributed by atoms with Crippen LogP contribution >= 0.6 is 0 Å². The third kappa shape index (κ3) is 11.9. The van der Waals surface area contributed by atoms with E-state index in [1.165, 1.54) is 24.9 Å². The highest BCUT2D eigenvalue weighted by atomic mass is 33.5. The smallest absolute Gasteiger partial charge is 0.186 e. The Kier molecular flexibility index (Phi) is 12.8. The van der Waals surface area contributed by atoms with Crippen LogP contribution in [0.15, 0.2) is 0 Å². The molecule has 0 aliphatic carbocycles. The summed E-state index contributed by atoms with van der Waals surface area (Å²) >= 11 is 11.3. The van der Waals surface area contributed by atoms with Crippen molar-refractivity contribution >= 4 is 56.0 Å². The predicted octanol–water partition coefficient (Wildman–Crippen LogP) is 4.33. The third-order valence-electron chi connectivity index (χ3n) is 3.46. The van der Waals surface area contributed by atoms with E-state index >= 15 is 0 Å². The maximum absolute atomic E-state index is 5.87. The van der Waals surface area contributed by atoms with Crippen molar-refractivity contribution in [1.29, 1.82) is 0 Å². The molecular formula is C14H34O2S4Si2. The van der Waals surface area contributed by atoms with Crippen LogP contribution in [0.5, 0.6) is 0 Å². The van der Waals surface area contributed by atoms with Gasteiger partial charge in [0.2, 0.25) is 0 Å². The average Bonchev–Trinajstić information content (AvgIpc) is 2.37. The summed E-state index contributed by atoms with van der Waals surface area (Å²) in [5.41, 5.74) is 0. The fourth-order valence-electron chi connectivity index (χ4n) is 2.34. The van der Waals surface area contributed by atoms with Gasteiger partial charge in [0.25, 0.3) is 0 Å². The lowest BCUT2D eigenvalue weighted by atomic mass is 10.6. The van der Waals surface area contributed by atoms with Gasteiger partial charge in [0.05, 0.1) is 0 Å². The molecule has 8 heteroatoms. The van der Waals surface area contributed by atoms with Crippen molar-refractivity contribution in [1.82, 2.24) is 0 Å². The van der Waals surface area contributed by atoms with Gasteiger partial charge >= 0.3 is 0 Å². The SMILES string of the molecule is CCO[Si](C)(C)CCCS(=S)S(=S)CCC[Si](C)(C)OCC. The van der Waals surface area contributed by atoms with E-state index in [2.05, 4.69) is 40.0 Å². The summed E-state index contributed by atoms with van der Waals surface area (Å²) in [7, 11) is -2.93. The van der Waals surface area contributed by atoms with Crippen molar-refractivity contribution in [3.63, 3.8) is 0 Å². The van der Waals surface area contributed by atoms with Crippen LogP contribution in [0.2, 0.25) is 38.3 Å². The third-order valence-corrected chi connectivity index (χ3v) is 17.3. The van der Waals surface area contributed by atoms with E-state index in [4.69, 9.17) is 31.2 Å². The van der Waals surface area contributed by atoms with Gasteiger partial charge in [0.1, 0.15) is 0 Å². The first-order valence-electron chi connectivity index (χ1n) is 8.18. The lowest BCUT2D eigenvalue weighted by Gasteiger charge is -2.22. The molecule has 2 nitrogen and oxygen atoms in total. The van der Waals surface area contributed by atoms with Crippen molar-refractivity contribution in [2.45, 2.75) is 65.0 Å². The topological polar surface area (TPSA) is 18.5 Å². The molecule has 0 rings (SSSR count). The number of rotatable bonds is 13. The van der Waals surface area contributed by atoms with Crippen LogP contribution in [0.1, 0.15) is 26.7 Å². The summed E-state index contributed by atoms with van der Waals surface area (Å²) in [6.07, 6.45) is 2.37. The lowest BCUT2D eigenvalue weighted by molar-refractivity contribution is 0.328. The Morgan fingerprint density at radius 3 is 1.32 bits per heavy atom. The molecule has 2 unspecified atom stereocenters. The van der Waals surface area contributed by atoms with Crippen LogP contribution in [0, 0.1) is 0 Å². The van der Waals surface area contributed by atoms with Gasteiger partial charge < -0.3 is 8.85 Å². The van der Waals surface area contributed by atoms with Crippen LogP contribution < -0.4 is 0 Å². The fourth-order valence-corrected chi connectivity index (χ4v) is 11.6. The molecule has 0 bridgehead atoms. The molecular weight excluding hydrogens is 385 g/mol. The Labute approximate surface area is 154 Å². The molecule has 0 N–H and O–H groups in total. The zero-order valence-electron chi connectivity index (χ0n) is 15.1. The molecule has 0 saturated carbocycles. The standard InChI is InChI=1S/C14H34O2S4Si2/c1-7-15-21(3,4)13-9-11-19(17)20(18)12-10-14-22(5,6)16-8-2/h7-14H2,1-6H3. The van der Waals surface area contributed by atoms with Crippen molar-refractivity contribution in [2.24, 2.45) is 0 Å². The molecule has 0 amide bonds. The Balaban J connectivity index is 3.96. The summed E-state index contributed by atoms with van der Waals surface area (Å²) in [6.45, 7) is 15.0. The van der Waals surface area contributed by atoms with Gasteiger partial charge in [0.15, 0.2) is 16.6 Å². The molecule has 0 heterocycles. The van der Waals surface area contributed by atoms with E-state index < -0.39 is 16.6 Å². The second kappa shape index (κ2) is 11.9. The molecule has 0 spiro atoms. The zero-order chi connectivity index (χ0) is 17.2. The Bertz CT molecular complexity index is 329. The average molecular weight is 419 g/mol. The first-order chi connectivity index (χ1) is 10.1. The van der Waals surface area contributed by atoms with Gasteiger partial charge in [0, 0.05) is 24.7 Å². The molecule has 0 aliphatic heterocycles. The minimum absolute atomic E-state index is 0.0182. The monoisotopic (exact) mass is 418 g/mol. The van der Waals surface area contributed by atoms with Crippen LogP contribution in [-0.2, 0) is 48.2 Å². The minimum atomic E-state index is -1.45. The molecule has 0 aromatic heterocycles. The molecule has 0 aromatic carbocycles. The largest absolute Gasteiger partial charge is 0.418 e. The van der Waals surface area contributed by atoms with Crippen molar-refractivity contribution in [3.8, 4) is 0 Å². The van der Waals surface area contributed by atoms with Gasteiger partial charge in [-0.25, -0.2) is 0 Å². The molecule has 0 fully saturated rings. The highest BCUT2D eigenvalue weighted by Gasteiger charge is 2.22. The van der Waals surface area contributed by atoms with Gasteiger partial charge in [-0.2, -0.15) is 0 Å². The fraction of sp³-hybridized carbons (Fsp3) is 1.00. The van der Waals surface area contributed by atoms with Gasteiger partial charge in [-0.15, -0.1) is 0 Å². The highest BCUT2D eigenvalue weighted by Crippen LogP contribution is 2.16.